The van der Waals surface area contributed by atoms with Crippen molar-refractivity contribution in [1.82, 2.24) is 15.6 Å². The third kappa shape index (κ3) is 2.82. The van der Waals surface area contributed by atoms with E-state index in [2.05, 4.69) is 36.4 Å². The van der Waals surface area contributed by atoms with Gasteiger partial charge in [-0.05, 0) is 25.3 Å². The summed E-state index contributed by atoms with van der Waals surface area (Å²) in [5.41, 5.74) is -0.259. The summed E-state index contributed by atoms with van der Waals surface area (Å²) >= 11 is 1.61. The molecule has 19 heavy (non-hydrogen) atoms. The van der Waals surface area contributed by atoms with E-state index in [0.717, 1.165) is 30.9 Å². The molecule has 0 radical (unpaired) electrons. The van der Waals surface area contributed by atoms with Crippen LogP contribution in [0, 0.1) is 11.3 Å². The van der Waals surface area contributed by atoms with Crippen LogP contribution < -0.4 is 10.6 Å². The van der Waals surface area contributed by atoms with Crippen molar-refractivity contribution in [2.24, 2.45) is 11.3 Å². The van der Waals surface area contributed by atoms with Gasteiger partial charge >= 0.3 is 0 Å². The number of hydrogen-bond donors (Lipinski definition) is 2. The summed E-state index contributed by atoms with van der Waals surface area (Å²) in [6, 6.07) is 0.0451. The number of thiazole rings is 1. The smallest absolute Gasteiger partial charge is 0.228 e. The minimum Gasteiger partial charge on any atom is -0.346 e. The van der Waals surface area contributed by atoms with E-state index < -0.39 is 0 Å². The topological polar surface area (TPSA) is 54.0 Å². The van der Waals surface area contributed by atoms with E-state index >= 15 is 0 Å². The van der Waals surface area contributed by atoms with Crippen molar-refractivity contribution < 1.29 is 4.79 Å². The summed E-state index contributed by atoms with van der Waals surface area (Å²) in [5, 5.41) is 9.49. The number of nitrogens with zero attached hydrogens (tertiary/aromatic N) is 1. The van der Waals surface area contributed by atoms with Crippen molar-refractivity contribution in [2.45, 2.75) is 39.7 Å². The van der Waals surface area contributed by atoms with Gasteiger partial charge in [0, 0.05) is 18.1 Å². The molecule has 5 heteroatoms. The van der Waals surface area contributed by atoms with Crippen LogP contribution in [0.3, 0.4) is 0 Å². The van der Waals surface area contributed by atoms with Gasteiger partial charge in [-0.3, -0.25) is 4.79 Å². The van der Waals surface area contributed by atoms with Gasteiger partial charge in [-0.2, -0.15) is 0 Å². The third-order valence-electron chi connectivity index (χ3n) is 4.21. The van der Waals surface area contributed by atoms with Crippen LogP contribution in [0.25, 0.3) is 0 Å². The lowest BCUT2D eigenvalue weighted by Crippen LogP contribution is -2.47. The highest BCUT2D eigenvalue weighted by atomic mass is 32.1. The van der Waals surface area contributed by atoms with E-state index in [4.69, 9.17) is 0 Å². The second-order valence-electron chi connectivity index (χ2n) is 5.54. The molecule has 0 aliphatic carbocycles. The van der Waals surface area contributed by atoms with Crippen LogP contribution in [0.1, 0.15) is 44.7 Å². The monoisotopic (exact) mass is 281 g/mol. The Balaban J connectivity index is 2.10. The molecule has 106 valence electrons. The average molecular weight is 281 g/mol. The molecule has 1 aliphatic rings. The molecule has 1 aliphatic heterocycles. The predicted molar refractivity (Wildman–Crippen MR) is 78.0 cm³/mol. The minimum atomic E-state index is -0.259. The van der Waals surface area contributed by atoms with E-state index in [1.165, 1.54) is 0 Å². The maximum atomic E-state index is 12.7. The summed E-state index contributed by atoms with van der Waals surface area (Å²) in [6.07, 6.45) is 3.59. The maximum Gasteiger partial charge on any atom is 0.228 e. The minimum absolute atomic E-state index is 0.0451. The number of nitrogens with one attached hydrogen (secondary N) is 2. The highest BCUT2D eigenvalue weighted by Crippen LogP contribution is 2.35. The Kier molecular flexibility index (Phi) is 4.58. The maximum absolute atomic E-state index is 12.7. The summed E-state index contributed by atoms with van der Waals surface area (Å²) in [6.45, 7) is 8.07. The Bertz CT molecular complexity index is 410. The first kappa shape index (κ1) is 14.5. The van der Waals surface area contributed by atoms with Crippen LogP contribution in [-0.2, 0) is 4.79 Å². The Morgan fingerprint density at radius 3 is 2.89 bits per heavy atom. The van der Waals surface area contributed by atoms with Crippen LogP contribution in [0.2, 0.25) is 0 Å². The lowest BCUT2D eigenvalue weighted by atomic mass is 9.75. The van der Waals surface area contributed by atoms with Crippen molar-refractivity contribution in [3.63, 3.8) is 0 Å². The first-order chi connectivity index (χ1) is 9.10. The van der Waals surface area contributed by atoms with Crippen molar-refractivity contribution in [3.8, 4) is 0 Å². The molecule has 1 aromatic rings. The van der Waals surface area contributed by atoms with Gasteiger partial charge in [0.05, 0.1) is 11.5 Å². The summed E-state index contributed by atoms with van der Waals surface area (Å²) in [5.74, 6) is 0.519. The van der Waals surface area contributed by atoms with Gasteiger partial charge < -0.3 is 10.6 Å². The van der Waals surface area contributed by atoms with Crippen LogP contribution in [0.4, 0.5) is 0 Å². The van der Waals surface area contributed by atoms with E-state index in [1.807, 2.05) is 5.38 Å². The van der Waals surface area contributed by atoms with Gasteiger partial charge in [0.25, 0.3) is 0 Å². The summed E-state index contributed by atoms with van der Waals surface area (Å²) in [7, 11) is 0. The van der Waals surface area contributed by atoms with Crippen LogP contribution in [-0.4, -0.2) is 24.0 Å². The zero-order chi connectivity index (χ0) is 13.9. The predicted octanol–water partition coefficient (Wildman–Crippen LogP) is 2.35. The zero-order valence-corrected chi connectivity index (χ0v) is 12.7. The quantitative estimate of drug-likeness (QED) is 0.871. The SMILES string of the molecule is CCC(NC(=O)C1(C(C)C)CCNC1)c1nccs1. The number of rotatable bonds is 5. The zero-order valence-electron chi connectivity index (χ0n) is 11.9. The number of aromatic nitrogens is 1. The summed E-state index contributed by atoms with van der Waals surface area (Å²) < 4.78 is 0. The molecule has 1 aromatic heterocycles. The first-order valence-electron chi connectivity index (χ1n) is 7.01. The highest BCUT2D eigenvalue weighted by Gasteiger charge is 2.44. The number of carbonyl (C=O) groups excluding carboxylic acids is 1. The molecule has 1 fully saturated rings. The lowest BCUT2D eigenvalue weighted by molar-refractivity contribution is -0.133. The molecule has 2 N–H and O–H groups in total. The molecule has 0 saturated carbocycles. The molecule has 2 unspecified atom stereocenters. The van der Waals surface area contributed by atoms with Gasteiger partial charge in [-0.25, -0.2) is 4.98 Å². The summed E-state index contributed by atoms with van der Waals surface area (Å²) in [4.78, 5) is 17.0. The molecular formula is C14H23N3OS. The molecule has 2 rings (SSSR count). The third-order valence-corrected chi connectivity index (χ3v) is 5.10. The van der Waals surface area contributed by atoms with E-state index in [9.17, 15) is 4.79 Å². The standard InChI is InChI=1S/C14H23N3OS/c1-4-11(12-16-7-8-19-12)17-13(18)14(10(2)3)5-6-15-9-14/h7-8,10-11,15H,4-6,9H2,1-3H3,(H,17,18). The molecule has 0 spiro atoms. The lowest BCUT2D eigenvalue weighted by Gasteiger charge is -2.32. The fourth-order valence-electron chi connectivity index (χ4n) is 2.71. The molecule has 2 atom stereocenters. The molecular weight excluding hydrogens is 258 g/mol. The molecule has 4 nitrogen and oxygen atoms in total. The Labute approximate surface area is 119 Å². The van der Waals surface area contributed by atoms with E-state index in [1.54, 1.807) is 17.5 Å². The largest absolute Gasteiger partial charge is 0.346 e. The number of amides is 1. The molecule has 2 heterocycles. The number of carbonyl (C=O) groups is 1. The second-order valence-corrected chi connectivity index (χ2v) is 6.47. The van der Waals surface area contributed by atoms with Crippen LogP contribution in [0.5, 0.6) is 0 Å². The van der Waals surface area contributed by atoms with Gasteiger partial charge in [0.2, 0.25) is 5.91 Å². The van der Waals surface area contributed by atoms with Gasteiger partial charge in [0.1, 0.15) is 5.01 Å². The van der Waals surface area contributed by atoms with Crippen molar-refractivity contribution in [3.05, 3.63) is 16.6 Å². The Morgan fingerprint density at radius 2 is 2.42 bits per heavy atom. The second kappa shape index (κ2) is 6.01. The fraction of sp³-hybridized carbons (Fsp3) is 0.714. The van der Waals surface area contributed by atoms with E-state index in [0.29, 0.717) is 5.92 Å². The van der Waals surface area contributed by atoms with Crippen LogP contribution >= 0.6 is 11.3 Å². The molecule has 0 bridgehead atoms. The molecule has 1 amide bonds. The molecule has 0 aromatic carbocycles. The Morgan fingerprint density at radius 1 is 1.63 bits per heavy atom. The van der Waals surface area contributed by atoms with Crippen molar-refractivity contribution >= 4 is 17.2 Å². The average Bonchev–Trinajstić information content (AvgIpc) is 3.06. The highest BCUT2D eigenvalue weighted by molar-refractivity contribution is 7.09. The fourth-order valence-corrected chi connectivity index (χ4v) is 3.48. The van der Waals surface area contributed by atoms with Gasteiger partial charge in [-0.1, -0.05) is 20.8 Å². The first-order valence-corrected chi connectivity index (χ1v) is 7.89. The molecule has 1 saturated heterocycles. The van der Waals surface area contributed by atoms with Gasteiger partial charge in [-0.15, -0.1) is 11.3 Å². The van der Waals surface area contributed by atoms with Crippen molar-refractivity contribution in [2.75, 3.05) is 13.1 Å². The van der Waals surface area contributed by atoms with Crippen molar-refractivity contribution in [1.29, 1.82) is 0 Å². The number of hydrogen-bond acceptors (Lipinski definition) is 4. The van der Waals surface area contributed by atoms with E-state index in [-0.39, 0.29) is 17.4 Å². The Hall–Kier alpha value is -0.940. The van der Waals surface area contributed by atoms with Gasteiger partial charge in [0.15, 0.2) is 0 Å². The normalized spacial score (nSPS) is 24.6. The van der Waals surface area contributed by atoms with Crippen LogP contribution in [0.15, 0.2) is 11.6 Å².